The largest absolute Gasteiger partial charge is 0.394 e. The highest BCUT2D eigenvalue weighted by atomic mass is 19.1. The van der Waals surface area contributed by atoms with Crippen LogP contribution in [0.25, 0.3) is 0 Å². The van der Waals surface area contributed by atoms with Crippen LogP contribution in [-0.2, 0) is 44.6 Å². The molecule has 17 nitrogen and oxygen atoms in total. The second-order valence-corrected chi connectivity index (χ2v) is 11.6. The highest BCUT2D eigenvalue weighted by molar-refractivity contribution is 5.73. The van der Waals surface area contributed by atoms with Crippen molar-refractivity contribution in [1.29, 1.82) is 0 Å². The highest BCUT2D eigenvalue weighted by Gasteiger charge is 2.53. The van der Waals surface area contributed by atoms with Gasteiger partial charge in [-0.1, -0.05) is 30.3 Å². The number of carbonyl (C=O) groups excluding carboxylic acids is 2. The Bertz CT molecular complexity index is 1150. The molecule has 3 fully saturated rings. The number of halogens is 1. The molecule has 0 unspecified atom stereocenters. The second kappa shape index (κ2) is 16.8. The normalized spacial score (nSPS) is 40.9. The fraction of sp³-hybridized carbons (Fsp3) is 0.724. The van der Waals surface area contributed by atoms with Crippen LogP contribution in [-0.4, -0.2) is 159 Å². The first-order valence-electron chi connectivity index (χ1n) is 15.1. The molecule has 0 radical (unpaired) electrons. The fourth-order valence-corrected chi connectivity index (χ4v) is 5.61. The minimum Gasteiger partial charge on any atom is -0.394 e. The lowest BCUT2D eigenvalue weighted by molar-refractivity contribution is -0.349. The molecular formula is C29H43FN2O15. The van der Waals surface area contributed by atoms with Gasteiger partial charge in [-0.25, -0.2) is 4.39 Å². The number of carbonyl (C=O) groups is 2. The van der Waals surface area contributed by atoms with Crippen molar-refractivity contribution >= 4 is 11.8 Å². The summed E-state index contributed by atoms with van der Waals surface area (Å²) in [5, 5.41) is 76.9. The van der Waals surface area contributed by atoms with E-state index in [4.69, 9.17) is 28.4 Å². The van der Waals surface area contributed by atoms with E-state index in [2.05, 4.69) is 10.6 Å². The Labute approximate surface area is 269 Å². The number of hydrogen-bond acceptors (Lipinski definition) is 15. The molecule has 3 aliphatic heterocycles. The van der Waals surface area contributed by atoms with Crippen LogP contribution >= 0.6 is 0 Å². The molecule has 2 amide bonds. The first-order valence-corrected chi connectivity index (χ1v) is 15.1. The van der Waals surface area contributed by atoms with Gasteiger partial charge >= 0.3 is 0 Å². The van der Waals surface area contributed by atoms with Crippen LogP contribution in [0.3, 0.4) is 0 Å². The van der Waals surface area contributed by atoms with Gasteiger partial charge in [-0.15, -0.1) is 0 Å². The molecule has 0 aliphatic carbocycles. The van der Waals surface area contributed by atoms with Gasteiger partial charge in [0.2, 0.25) is 11.8 Å². The minimum absolute atomic E-state index is 0.0476. The summed E-state index contributed by atoms with van der Waals surface area (Å²) in [6.07, 6.45) is -21.4. The topological polar surface area (TPSA) is 255 Å². The monoisotopic (exact) mass is 678 g/mol. The third kappa shape index (κ3) is 8.98. The second-order valence-electron chi connectivity index (χ2n) is 11.6. The number of rotatable bonds is 12. The predicted molar refractivity (Wildman–Crippen MR) is 152 cm³/mol. The third-order valence-corrected chi connectivity index (χ3v) is 8.07. The molecule has 15 atom stereocenters. The van der Waals surface area contributed by atoms with Gasteiger partial charge in [-0.3, -0.25) is 9.59 Å². The first-order chi connectivity index (χ1) is 22.4. The van der Waals surface area contributed by atoms with Crippen molar-refractivity contribution in [3.05, 3.63) is 35.9 Å². The molecule has 0 saturated carbocycles. The van der Waals surface area contributed by atoms with Gasteiger partial charge in [-0.05, 0) is 5.56 Å². The Morgan fingerprint density at radius 1 is 0.723 bits per heavy atom. The number of benzene rings is 1. The van der Waals surface area contributed by atoms with Gasteiger partial charge in [0.05, 0.1) is 26.4 Å². The SMILES string of the molecule is CC(=O)N[C@H]1[C@H](OC[C@H]2O[C@H](OCc3ccccc3)[C@H](NC(C)=O)[C@@H](O[C@@H]3O[C@H](CO)[C@H](O)[C@H](O)[C@H]3O)[C@H]2O)O[C@H](CO)[C@@H](O)[C@@H]1F. The quantitative estimate of drug-likeness (QED) is 0.102. The van der Waals surface area contributed by atoms with E-state index in [1.54, 1.807) is 30.3 Å². The molecule has 1 aromatic carbocycles. The maximum atomic E-state index is 15.1. The van der Waals surface area contributed by atoms with Crippen LogP contribution in [0.5, 0.6) is 0 Å². The molecule has 3 aliphatic rings. The average Bonchev–Trinajstić information content (AvgIpc) is 3.04. The highest BCUT2D eigenvalue weighted by Crippen LogP contribution is 2.32. The van der Waals surface area contributed by atoms with Crippen LogP contribution in [0.15, 0.2) is 30.3 Å². The summed E-state index contributed by atoms with van der Waals surface area (Å²) in [5.74, 6) is -1.26. The van der Waals surface area contributed by atoms with Crippen molar-refractivity contribution in [3.63, 3.8) is 0 Å². The van der Waals surface area contributed by atoms with Crippen molar-refractivity contribution in [2.45, 2.75) is 113 Å². The first kappa shape index (κ1) is 37.4. The summed E-state index contributed by atoms with van der Waals surface area (Å²) in [6.45, 7) is 0.122. The zero-order valence-electron chi connectivity index (χ0n) is 25.6. The lowest BCUT2D eigenvalue weighted by atomic mass is 9.95. The number of aliphatic hydroxyl groups is 7. The van der Waals surface area contributed by atoms with Crippen molar-refractivity contribution in [2.75, 3.05) is 19.8 Å². The van der Waals surface area contributed by atoms with E-state index < -0.39 is 124 Å². The van der Waals surface area contributed by atoms with E-state index in [9.17, 15) is 45.3 Å². The van der Waals surface area contributed by atoms with Gasteiger partial charge < -0.3 is 74.8 Å². The van der Waals surface area contributed by atoms with Gasteiger partial charge in [-0.2, -0.15) is 0 Å². The van der Waals surface area contributed by atoms with E-state index >= 15 is 4.39 Å². The van der Waals surface area contributed by atoms with Crippen LogP contribution in [0.4, 0.5) is 4.39 Å². The van der Waals surface area contributed by atoms with Crippen LogP contribution in [0, 0.1) is 0 Å². The van der Waals surface area contributed by atoms with Gasteiger partial charge in [0.25, 0.3) is 0 Å². The van der Waals surface area contributed by atoms with E-state index in [-0.39, 0.29) is 6.61 Å². The molecule has 3 heterocycles. The summed E-state index contributed by atoms with van der Waals surface area (Å²) < 4.78 is 49.7. The molecular weight excluding hydrogens is 635 g/mol. The maximum absolute atomic E-state index is 15.1. The Hall–Kier alpha value is -2.43. The average molecular weight is 679 g/mol. The molecule has 18 heteroatoms. The molecule has 0 bridgehead atoms. The molecule has 4 rings (SSSR count). The number of amides is 2. The fourth-order valence-electron chi connectivity index (χ4n) is 5.61. The minimum atomic E-state index is -2.11. The Morgan fingerprint density at radius 3 is 1.89 bits per heavy atom. The van der Waals surface area contributed by atoms with Crippen molar-refractivity contribution in [1.82, 2.24) is 10.6 Å². The summed E-state index contributed by atoms with van der Waals surface area (Å²) in [4.78, 5) is 24.1. The summed E-state index contributed by atoms with van der Waals surface area (Å²) >= 11 is 0. The van der Waals surface area contributed by atoms with Gasteiger partial charge in [0.1, 0.15) is 67.0 Å². The molecule has 266 valence electrons. The van der Waals surface area contributed by atoms with E-state index in [1.807, 2.05) is 0 Å². The molecule has 9 N–H and O–H groups in total. The number of nitrogens with one attached hydrogen (secondary N) is 2. The number of hydrogen-bond donors (Lipinski definition) is 9. The van der Waals surface area contributed by atoms with Crippen molar-refractivity contribution in [2.24, 2.45) is 0 Å². The Balaban J connectivity index is 1.61. The standard InChI is InChI=1S/C29H43FN2O15/c1-12(35)31-19-18(30)21(37)15(8-33)44-27(19)43-11-17-23(39)26(47-29-25(41)24(40)22(38)16(9-34)45-29)20(32-13(2)36)28(46-17)42-10-14-6-4-3-5-7-14/h3-7,15-29,33-34,37-41H,8-11H2,1-2H3,(H,31,35)(H,32,36)/t15-,16-,17-,18-,19-,20-,21-,22+,23+,24+,25-,26-,27-,28+,29+/m1/s1. The van der Waals surface area contributed by atoms with Crippen LogP contribution in [0.1, 0.15) is 19.4 Å². The summed E-state index contributed by atoms with van der Waals surface area (Å²) in [7, 11) is 0. The predicted octanol–water partition coefficient (Wildman–Crippen LogP) is -4.08. The van der Waals surface area contributed by atoms with Gasteiger partial charge in [0, 0.05) is 13.8 Å². The van der Waals surface area contributed by atoms with Gasteiger partial charge in [0.15, 0.2) is 25.0 Å². The smallest absolute Gasteiger partial charge is 0.217 e. The van der Waals surface area contributed by atoms with Crippen molar-refractivity contribution in [3.8, 4) is 0 Å². The summed E-state index contributed by atoms with van der Waals surface area (Å²) in [6, 6.07) is 6.04. The molecule has 0 aromatic heterocycles. The molecule has 0 spiro atoms. The maximum Gasteiger partial charge on any atom is 0.217 e. The zero-order chi connectivity index (χ0) is 34.4. The third-order valence-electron chi connectivity index (χ3n) is 8.07. The molecule has 3 saturated heterocycles. The van der Waals surface area contributed by atoms with E-state index in [0.29, 0.717) is 5.56 Å². The molecule has 47 heavy (non-hydrogen) atoms. The Morgan fingerprint density at radius 2 is 1.28 bits per heavy atom. The Kier molecular flexibility index (Phi) is 13.4. The van der Waals surface area contributed by atoms with E-state index in [0.717, 1.165) is 6.92 Å². The number of alkyl halides is 1. The zero-order valence-corrected chi connectivity index (χ0v) is 25.6. The number of ether oxygens (including phenoxy) is 6. The lowest BCUT2D eigenvalue weighted by Gasteiger charge is -2.48. The lowest BCUT2D eigenvalue weighted by Crippen LogP contribution is -2.68. The van der Waals surface area contributed by atoms with Crippen LogP contribution in [0.2, 0.25) is 0 Å². The summed E-state index contributed by atoms with van der Waals surface area (Å²) in [5.41, 5.74) is 0.708. The van der Waals surface area contributed by atoms with E-state index in [1.165, 1.54) is 6.92 Å². The number of aliphatic hydroxyl groups excluding tert-OH is 7. The van der Waals surface area contributed by atoms with Crippen molar-refractivity contribution < 1.29 is 78.1 Å². The van der Waals surface area contributed by atoms with Crippen LogP contribution < -0.4 is 10.6 Å². The molecule has 1 aromatic rings.